The number of aromatic amines is 2. The van der Waals surface area contributed by atoms with Gasteiger partial charge >= 0.3 is 5.97 Å². The van der Waals surface area contributed by atoms with E-state index in [2.05, 4.69) is 25.5 Å². The number of carbonyl (C=O) groups excluding carboxylic acids is 1. The molecule has 140 valence electrons. The summed E-state index contributed by atoms with van der Waals surface area (Å²) in [4.78, 5) is 30.8. The number of para-hydroxylation sites is 1. The van der Waals surface area contributed by atoms with Gasteiger partial charge < -0.3 is 15.4 Å². The monoisotopic (exact) mass is 383 g/mol. The molecule has 2 aromatic carbocycles. The normalized spacial score (nSPS) is 10.9. The van der Waals surface area contributed by atoms with Crippen molar-refractivity contribution in [2.24, 2.45) is 0 Å². The zero-order valence-corrected chi connectivity index (χ0v) is 14.0. The van der Waals surface area contributed by atoms with E-state index in [0.717, 1.165) is 18.2 Å². The molecular formula is C18H11F2N5O3. The van der Waals surface area contributed by atoms with Crippen molar-refractivity contribution in [1.82, 2.24) is 20.2 Å². The highest BCUT2D eigenvalue weighted by Crippen LogP contribution is 2.27. The topological polar surface area (TPSA) is 124 Å². The predicted octanol–water partition coefficient (Wildman–Crippen LogP) is 3.18. The van der Waals surface area contributed by atoms with Crippen LogP contribution in [0.1, 0.15) is 20.7 Å². The van der Waals surface area contributed by atoms with Crippen LogP contribution in [0.4, 0.5) is 14.5 Å². The number of benzene rings is 2. The highest BCUT2D eigenvalue weighted by Gasteiger charge is 2.21. The number of anilines is 1. The molecule has 28 heavy (non-hydrogen) atoms. The number of rotatable bonds is 4. The molecule has 2 aromatic heterocycles. The Morgan fingerprint density at radius 2 is 1.79 bits per heavy atom. The molecule has 0 aliphatic rings. The van der Waals surface area contributed by atoms with Crippen LogP contribution in [-0.4, -0.2) is 37.1 Å². The Morgan fingerprint density at radius 3 is 2.50 bits per heavy atom. The highest BCUT2D eigenvalue weighted by molar-refractivity contribution is 6.06. The highest BCUT2D eigenvalue weighted by atomic mass is 19.1. The van der Waals surface area contributed by atoms with Crippen molar-refractivity contribution in [3.63, 3.8) is 0 Å². The first-order valence-corrected chi connectivity index (χ1v) is 7.97. The van der Waals surface area contributed by atoms with Crippen molar-refractivity contribution in [2.75, 3.05) is 5.32 Å². The molecule has 0 spiro atoms. The van der Waals surface area contributed by atoms with Crippen molar-refractivity contribution in [2.45, 2.75) is 0 Å². The number of halogens is 2. The van der Waals surface area contributed by atoms with E-state index in [1.54, 1.807) is 12.1 Å². The van der Waals surface area contributed by atoms with Gasteiger partial charge in [-0.2, -0.15) is 5.10 Å². The molecule has 0 saturated heterocycles. The molecule has 0 bridgehead atoms. The van der Waals surface area contributed by atoms with E-state index in [9.17, 15) is 23.5 Å². The number of hydrogen-bond acceptors (Lipinski definition) is 4. The summed E-state index contributed by atoms with van der Waals surface area (Å²) in [5.41, 5.74) is 0.222. The number of imidazole rings is 1. The molecule has 1 amide bonds. The smallest absolute Gasteiger partial charge is 0.337 e. The molecule has 0 atom stereocenters. The molecule has 0 saturated carbocycles. The molecule has 0 aliphatic heterocycles. The molecule has 0 unspecified atom stereocenters. The second kappa shape index (κ2) is 6.58. The van der Waals surface area contributed by atoms with Crippen molar-refractivity contribution < 1.29 is 23.5 Å². The maximum Gasteiger partial charge on any atom is 0.337 e. The Hall–Kier alpha value is -4.08. The van der Waals surface area contributed by atoms with Crippen LogP contribution in [0.5, 0.6) is 0 Å². The van der Waals surface area contributed by atoms with E-state index in [0.29, 0.717) is 5.52 Å². The minimum Gasteiger partial charge on any atom is -0.478 e. The Labute approximate surface area is 155 Å². The van der Waals surface area contributed by atoms with Crippen molar-refractivity contribution in [3.8, 4) is 11.5 Å². The fourth-order valence-electron chi connectivity index (χ4n) is 2.79. The minimum atomic E-state index is -1.13. The number of nitrogens with zero attached hydrogens (tertiary/aromatic N) is 2. The average molecular weight is 383 g/mol. The second-order valence-corrected chi connectivity index (χ2v) is 5.79. The quantitative estimate of drug-likeness (QED) is 0.431. The fourth-order valence-corrected chi connectivity index (χ4v) is 2.79. The van der Waals surface area contributed by atoms with Gasteiger partial charge in [0, 0.05) is 6.20 Å². The molecule has 10 heteroatoms. The number of hydrogen-bond donors (Lipinski definition) is 4. The van der Waals surface area contributed by atoms with Crippen molar-refractivity contribution in [1.29, 1.82) is 0 Å². The summed E-state index contributed by atoms with van der Waals surface area (Å²) < 4.78 is 27.6. The van der Waals surface area contributed by atoms with E-state index in [-0.39, 0.29) is 28.3 Å². The van der Waals surface area contributed by atoms with Gasteiger partial charge in [0.25, 0.3) is 5.91 Å². The van der Waals surface area contributed by atoms with Gasteiger partial charge in [0.05, 0.1) is 22.3 Å². The zero-order valence-electron chi connectivity index (χ0n) is 14.0. The summed E-state index contributed by atoms with van der Waals surface area (Å²) in [5.74, 6) is -3.96. The van der Waals surface area contributed by atoms with Gasteiger partial charge in [-0.3, -0.25) is 9.89 Å². The van der Waals surface area contributed by atoms with Gasteiger partial charge in [-0.05, 0) is 24.3 Å². The third kappa shape index (κ3) is 2.86. The molecule has 4 aromatic rings. The average Bonchev–Trinajstić information content (AvgIpc) is 3.27. The lowest BCUT2D eigenvalue weighted by Crippen LogP contribution is -2.16. The maximum atomic E-state index is 13.8. The summed E-state index contributed by atoms with van der Waals surface area (Å²) >= 11 is 0. The lowest BCUT2D eigenvalue weighted by atomic mass is 10.2. The van der Waals surface area contributed by atoms with E-state index in [1.165, 1.54) is 12.3 Å². The Kier molecular flexibility index (Phi) is 4.07. The maximum absolute atomic E-state index is 13.8. The van der Waals surface area contributed by atoms with Crippen LogP contribution in [0.25, 0.3) is 22.6 Å². The lowest BCUT2D eigenvalue weighted by molar-refractivity contribution is 0.0698. The second-order valence-electron chi connectivity index (χ2n) is 5.79. The molecule has 4 rings (SSSR count). The minimum absolute atomic E-state index is 0.0193. The molecule has 2 heterocycles. The zero-order chi connectivity index (χ0) is 19.8. The molecule has 0 fully saturated rings. The Bertz CT molecular complexity index is 1210. The summed E-state index contributed by atoms with van der Waals surface area (Å²) in [7, 11) is 0. The number of aromatic nitrogens is 4. The van der Waals surface area contributed by atoms with Crippen LogP contribution in [0.15, 0.2) is 42.6 Å². The largest absolute Gasteiger partial charge is 0.478 e. The van der Waals surface area contributed by atoms with Crippen LogP contribution in [0.2, 0.25) is 0 Å². The Balaban J connectivity index is 1.72. The number of carbonyl (C=O) groups is 2. The first-order chi connectivity index (χ1) is 13.5. The first-order valence-electron chi connectivity index (χ1n) is 7.97. The number of carboxylic acid groups (broad SMARTS) is 1. The number of aromatic carboxylic acids is 1. The van der Waals surface area contributed by atoms with Gasteiger partial charge in [-0.25, -0.2) is 18.6 Å². The number of carboxylic acids is 1. The van der Waals surface area contributed by atoms with Crippen LogP contribution in [-0.2, 0) is 0 Å². The molecule has 0 aliphatic carbocycles. The Morgan fingerprint density at radius 1 is 1.07 bits per heavy atom. The summed E-state index contributed by atoms with van der Waals surface area (Å²) in [6, 6.07) is 7.67. The summed E-state index contributed by atoms with van der Waals surface area (Å²) in [5, 5.41) is 18.2. The molecular weight excluding hydrogens is 372 g/mol. The van der Waals surface area contributed by atoms with Gasteiger partial charge in [-0.15, -0.1) is 0 Å². The number of H-pyrrole nitrogens is 2. The summed E-state index contributed by atoms with van der Waals surface area (Å²) in [6.07, 6.45) is 1.32. The van der Waals surface area contributed by atoms with Gasteiger partial charge in [-0.1, -0.05) is 12.1 Å². The third-order valence-electron chi connectivity index (χ3n) is 4.05. The van der Waals surface area contributed by atoms with Crippen LogP contribution < -0.4 is 5.32 Å². The molecule has 4 N–H and O–H groups in total. The predicted molar refractivity (Wildman–Crippen MR) is 94.9 cm³/mol. The van der Waals surface area contributed by atoms with Crippen molar-refractivity contribution >= 4 is 28.6 Å². The van der Waals surface area contributed by atoms with Crippen LogP contribution >= 0.6 is 0 Å². The molecule has 8 nitrogen and oxygen atoms in total. The van der Waals surface area contributed by atoms with Crippen molar-refractivity contribution in [3.05, 3.63) is 65.4 Å². The third-order valence-corrected chi connectivity index (χ3v) is 4.05. The van der Waals surface area contributed by atoms with E-state index >= 15 is 0 Å². The number of amides is 1. The first kappa shape index (κ1) is 17.3. The van der Waals surface area contributed by atoms with Gasteiger partial charge in [0.15, 0.2) is 11.5 Å². The number of fused-ring (bicyclic) bond motifs is 1. The number of nitrogens with one attached hydrogen (secondary N) is 3. The SMILES string of the molecule is O=C(Nc1c[nH]nc1-c1nc2cccc(C(=O)O)c2[nH]1)c1c(F)cccc1F. The van der Waals surface area contributed by atoms with E-state index in [4.69, 9.17) is 0 Å². The van der Waals surface area contributed by atoms with Gasteiger partial charge in [0.2, 0.25) is 0 Å². The lowest BCUT2D eigenvalue weighted by Gasteiger charge is -2.06. The van der Waals surface area contributed by atoms with E-state index < -0.39 is 29.1 Å². The summed E-state index contributed by atoms with van der Waals surface area (Å²) in [6.45, 7) is 0. The van der Waals surface area contributed by atoms with Crippen LogP contribution in [0.3, 0.4) is 0 Å². The van der Waals surface area contributed by atoms with E-state index in [1.807, 2.05) is 0 Å². The van der Waals surface area contributed by atoms with Gasteiger partial charge in [0.1, 0.15) is 17.2 Å². The van der Waals surface area contributed by atoms with Crippen LogP contribution in [0, 0.1) is 11.6 Å². The fraction of sp³-hybridized carbons (Fsp3) is 0. The standard InChI is InChI=1S/C18H11F2N5O3/c19-9-4-2-5-10(20)13(9)17(26)23-12-7-21-25-15(12)16-22-11-6-1-3-8(18(27)28)14(11)24-16/h1-7H,(H,21,25)(H,22,24)(H,23,26)(H,27,28). The molecule has 0 radical (unpaired) electrons.